The van der Waals surface area contributed by atoms with Crippen molar-refractivity contribution in [3.63, 3.8) is 0 Å². The normalized spacial score (nSPS) is 19.9. The Morgan fingerprint density at radius 2 is 2.00 bits per heavy atom. The molecule has 2 N–H and O–H groups in total. The van der Waals surface area contributed by atoms with Crippen LogP contribution < -0.4 is 5.32 Å². The van der Waals surface area contributed by atoms with Gasteiger partial charge < -0.3 is 15.3 Å². The number of nitrogens with one attached hydrogen (secondary N) is 1. The molecule has 1 aliphatic rings. The molecule has 0 amide bonds. The van der Waals surface area contributed by atoms with Crippen molar-refractivity contribution in [2.24, 2.45) is 0 Å². The molecule has 1 aliphatic carbocycles. The van der Waals surface area contributed by atoms with E-state index in [0.29, 0.717) is 6.04 Å². The van der Waals surface area contributed by atoms with Gasteiger partial charge in [-0.1, -0.05) is 20.3 Å². The van der Waals surface area contributed by atoms with E-state index >= 15 is 0 Å². The van der Waals surface area contributed by atoms with Gasteiger partial charge in [0.15, 0.2) is 0 Å². The molecule has 1 atom stereocenters. The smallest absolute Gasteiger partial charge is 0.0610 e. The number of aliphatic hydroxyl groups excluding tert-OH is 1. The SMILES string of the molecule is CC(C)NC(C)(CO)CCCCN(C)C1CC1. The molecule has 17 heavy (non-hydrogen) atoms. The molecular weight excluding hydrogens is 212 g/mol. The van der Waals surface area contributed by atoms with E-state index in [1.54, 1.807) is 0 Å². The summed E-state index contributed by atoms with van der Waals surface area (Å²) in [6.07, 6.45) is 6.26. The van der Waals surface area contributed by atoms with Crippen LogP contribution in [0.1, 0.15) is 52.9 Å². The zero-order chi connectivity index (χ0) is 12.9. The highest BCUT2D eigenvalue weighted by molar-refractivity contribution is 4.85. The van der Waals surface area contributed by atoms with Crippen LogP contribution in [-0.2, 0) is 0 Å². The molecule has 0 aromatic carbocycles. The molecule has 0 aliphatic heterocycles. The van der Waals surface area contributed by atoms with Gasteiger partial charge in [0.25, 0.3) is 0 Å². The standard InChI is InChI=1S/C14H30N2O/c1-12(2)15-14(3,11-17)9-5-6-10-16(4)13-7-8-13/h12-13,15,17H,5-11H2,1-4H3. The predicted molar refractivity (Wildman–Crippen MR) is 73.3 cm³/mol. The largest absolute Gasteiger partial charge is 0.394 e. The monoisotopic (exact) mass is 242 g/mol. The lowest BCUT2D eigenvalue weighted by Crippen LogP contribution is -2.49. The summed E-state index contributed by atoms with van der Waals surface area (Å²) in [5.41, 5.74) is -0.105. The summed E-state index contributed by atoms with van der Waals surface area (Å²) >= 11 is 0. The third-order valence-electron chi connectivity index (χ3n) is 3.65. The fourth-order valence-corrected chi connectivity index (χ4v) is 2.47. The van der Waals surface area contributed by atoms with E-state index in [-0.39, 0.29) is 12.1 Å². The zero-order valence-corrected chi connectivity index (χ0v) is 12.0. The number of unbranched alkanes of at least 4 members (excludes halogenated alkanes) is 1. The third-order valence-corrected chi connectivity index (χ3v) is 3.65. The van der Waals surface area contributed by atoms with E-state index in [2.05, 4.69) is 38.0 Å². The van der Waals surface area contributed by atoms with E-state index in [1.807, 2.05) is 0 Å². The van der Waals surface area contributed by atoms with Crippen LogP contribution in [-0.4, -0.2) is 47.8 Å². The van der Waals surface area contributed by atoms with Crippen LogP contribution in [0, 0.1) is 0 Å². The molecule has 0 saturated heterocycles. The number of nitrogens with zero attached hydrogens (tertiary/aromatic N) is 1. The molecule has 0 aromatic heterocycles. The second kappa shape index (κ2) is 6.72. The van der Waals surface area contributed by atoms with Gasteiger partial charge in [0, 0.05) is 17.6 Å². The maximum atomic E-state index is 9.47. The Morgan fingerprint density at radius 3 is 2.47 bits per heavy atom. The zero-order valence-electron chi connectivity index (χ0n) is 12.0. The molecule has 3 heteroatoms. The van der Waals surface area contributed by atoms with Gasteiger partial charge in [-0.2, -0.15) is 0 Å². The third kappa shape index (κ3) is 5.84. The fraction of sp³-hybridized carbons (Fsp3) is 1.00. The second-order valence-electron chi connectivity index (χ2n) is 6.19. The Hall–Kier alpha value is -0.120. The summed E-state index contributed by atoms with van der Waals surface area (Å²) in [6.45, 7) is 7.82. The van der Waals surface area contributed by atoms with Crippen LogP contribution in [0.5, 0.6) is 0 Å². The highest BCUT2D eigenvalue weighted by Gasteiger charge is 2.26. The first kappa shape index (κ1) is 14.9. The van der Waals surface area contributed by atoms with E-state index in [4.69, 9.17) is 0 Å². The number of rotatable bonds is 9. The van der Waals surface area contributed by atoms with Crippen molar-refractivity contribution in [2.75, 3.05) is 20.2 Å². The van der Waals surface area contributed by atoms with Crippen LogP contribution >= 0.6 is 0 Å². The Bertz CT molecular complexity index is 216. The maximum Gasteiger partial charge on any atom is 0.0610 e. The summed E-state index contributed by atoms with van der Waals surface area (Å²) < 4.78 is 0. The van der Waals surface area contributed by atoms with E-state index < -0.39 is 0 Å². The minimum absolute atomic E-state index is 0.105. The van der Waals surface area contributed by atoms with Crippen molar-refractivity contribution in [1.29, 1.82) is 0 Å². The Labute approximate surface area is 107 Å². The van der Waals surface area contributed by atoms with Gasteiger partial charge in [-0.3, -0.25) is 0 Å². The van der Waals surface area contributed by atoms with Crippen molar-refractivity contribution < 1.29 is 5.11 Å². The molecule has 3 nitrogen and oxygen atoms in total. The number of hydrogen-bond donors (Lipinski definition) is 2. The van der Waals surface area contributed by atoms with Gasteiger partial charge in [-0.25, -0.2) is 0 Å². The second-order valence-corrected chi connectivity index (χ2v) is 6.19. The molecule has 1 saturated carbocycles. The summed E-state index contributed by atoms with van der Waals surface area (Å²) in [7, 11) is 2.23. The van der Waals surface area contributed by atoms with Gasteiger partial charge in [-0.05, 0) is 46.2 Å². The first-order valence-electron chi connectivity index (χ1n) is 7.05. The van der Waals surface area contributed by atoms with E-state index in [1.165, 1.54) is 32.2 Å². The minimum atomic E-state index is -0.105. The number of hydrogen-bond acceptors (Lipinski definition) is 3. The molecular formula is C14H30N2O. The molecule has 1 unspecified atom stereocenters. The quantitative estimate of drug-likeness (QED) is 0.607. The highest BCUT2D eigenvalue weighted by Crippen LogP contribution is 2.25. The van der Waals surface area contributed by atoms with Crippen LogP contribution in [0.25, 0.3) is 0 Å². The van der Waals surface area contributed by atoms with Crippen molar-refractivity contribution in [3.05, 3.63) is 0 Å². The molecule has 1 fully saturated rings. The van der Waals surface area contributed by atoms with Crippen LogP contribution in [0.3, 0.4) is 0 Å². The van der Waals surface area contributed by atoms with Crippen LogP contribution in [0.2, 0.25) is 0 Å². The lowest BCUT2D eigenvalue weighted by atomic mass is 9.95. The predicted octanol–water partition coefficient (Wildman–Crippen LogP) is 2.00. The van der Waals surface area contributed by atoms with Crippen molar-refractivity contribution >= 4 is 0 Å². The first-order chi connectivity index (χ1) is 7.97. The fourth-order valence-electron chi connectivity index (χ4n) is 2.47. The van der Waals surface area contributed by atoms with Crippen molar-refractivity contribution in [1.82, 2.24) is 10.2 Å². The Balaban J connectivity index is 2.13. The minimum Gasteiger partial charge on any atom is -0.394 e. The molecule has 1 rings (SSSR count). The van der Waals surface area contributed by atoms with Gasteiger partial charge in [-0.15, -0.1) is 0 Å². The van der Waals surface area contributed by atoms with Gasteiger partial charge in [0.1, 0.15) is 0 Å². The van der Waals surface area contributed by atoms with Gasteiger partial charge in [0.05, 0.1) is 6.61 Å². The van der Waals surface area contributed by atoms with Crippen molar-refractivity contribution in [2.45, 2.75) is 70.5 Å². The van der Waals surface area contributed by atoms with Gasteiger partial charge in [0.2, 0.25) is 0 Å². The van der Waals surface area contributed by atoms with E-state index in [0.717, 1.165) is 12.5 Å². The Kier molecular flexibility index (Phi) is 5.90. The lowest BCUT2D eigenvalue weighted by molar-refractivity contribution is 0.152. The average molecular weight is 242 g/mol. The summed E-state index contributed by atoms with van der Waals surface area (Å²) in [6, 6.07) is 1.30. The molecule has 0 bridgehead atoms. The topological polar surface area (TPSA) is 35.5 Å². The molecule has 0 radical (unpaired) electrons. The number of aliphatic hydroxyl groups is 1. The lowest BCUT2D eigenvalue weighted by Gasteiger charge is -2.31. The first-order valence-corrected chi connectivity index (χ1v) is 7.05. The molecule has 102 valence electrons. The van der Waals surface area contributed by atoms with E-state index in [9.17, 15) is 5.11 Å². The average Bonchev–Trinajstić information content (AvgIpc) is 3.07. The summed E-state index contributed by atoms with van der Waals surface area (Å²) in [5.74, 6) is 0. The maximum absolute atomic E-state index is 9.47. The molecule has 0 heterocycles. The van der Waals surface area contributed by atoms with Crippen molar-refractivity contribution in [3.8, 4) is 0 Å². The molecule has 0 spiro atoms. The summed E-state index contributed by atoms with van der Waals surface area (Å²) in [5, 5.41) is 12.9. The molecule has 0 aromatic rings. The van der Waals surface area contributed by atoms with Crippen LogP contribution in [0.15, 0.2) is 0 Å². The van der Waals surface area contributed by atoms with Gasteiger partial charge >= 0.3 is 0 Å². The van der Waals surface area contributed by atoms with Crippen LogP contribution in [0.4, 0.5) is 0 Å². The Morgan fingerprint density at radius 1 is 1.35 bits per heavy atom. The highest BCUT2D eigenvalue weighted by atomic mass is 16.3. The summed E-state index contributed by atoms with van der Waals surface area (Å²) in [4.78, 5) is 2.48.